The van der Waals surface area contributed by atoms with Gasteiger partial charge in [0.1, 0.15) is 0 Å². The number of aryl methyl sites for hydroxylation is 1. The molecular weight excluding hydrogens is 293 g/mol. The van der Waals surface area contributed by atoms with Gasteiger partial charge in [0.25, 0.3) is 0 Å². The molecule has 0 saturated carbocycles. The molecule has 0 amide bonds. The van der Waals surface area contributed by atoms with Crippen molar-refractivity contribution in [1.82, 2.24) is 15.1 Å². The molecule has 3 rings (SSSR count). The van der Waals surface area contributed by atoms with Crippen molar-refractivity contribution < 1.29 is 13.7 Å². The molecule has 7 heteroatoms. The van der Waals surface area contributed by atoms with Crippen LogP contribution in [0.2, 0.25) is 0 Å². The second-order valence-corrected chi connectivity index (χ2v) is 5.42. The number of thiazole rings is 1. The molecule has 0 spiro atoms. The highest BCUT2D eigenvalue weighted by molar-refractivity contribution is 7.09. The van der Waals surface area contributed by atoms with Gasteiger partial charge in [0.15, 0.2) is 18.2 Å². The summed E-state index contributed by atoms with van der Waals surface area (Å²) in [5, 5.41) is 6.75. The lowest BCUT2D eigenvalue weighted by molar-refractivity contribution is 0.272. The first-order valence-electron chi connectivity index (χ1n) is 6.30. The number of hydrogen-bond acceptors (Lipinski definition) is 6. The van der Waals surface area contributed by atoms with Crippen molar-refractivity contribution >= 4 is 11.3 Å². The molecule has 0 aliphatic carbocycles. The summed E-state index contributed by atoms with van der Waals surface area (Å²) in [5.74, 6) is 0.589. The van der Waals surface area contributed by atoms with E-state index in [-0.39, 0.29) is 12.4 Å². The van der Waals surface area contributed by atoms with Crippen LogP contribution in [0.5, 0.6) is 5.75 Å². The second-order valence-electron chi connectivity index (χ2n) is 4.36. The zero-order chi connectivity index (χ0) is 14.7. The molecule has 5 nitrogen and oxygen atoms in total. The van der Waals surface area contributed by atoms with E-state index in [1.807, 2.05) is 12.3 Å². The Morgan fingerprint density at radius 1 is 1.29 bits per heavy atom. The van der Waals surface area contributed by atoms with Gasteiger partial charge in [-0.2, -0.15) is 4.98 Å². The Labute approximate surface area is 124 Å². The Hall–Kier alpha value is -2.28. The first-order chi connectivity index (χ1) is 10.2. The Morgan fingerprint density at radius 3 is 2.90 bits per heavy atom. The summed E-state index contributed by atoms with van der Waals surface area (Å²) in [7, 11) is 0. The fourth-order valence-electron chi connectivity index (χ4n) is 1.77. The lowest BCUT2D eigenvalue weighted by Crippen LogP contribution is -1.99. The Kier molecular flexibility index (Phi) is 3.92. The monoisotopic (exact) mass is 305 g/mol. The predicted molar refractivity (Wildman–Crippen MR) is 74.7 cm³/mol. The fraction of sp³-hybridized carbons (Fsp3) is 0.214. The van der Waals surface area contributed by atoms with E-state index in [2.05, 4.69) is 15.1 Å². The van der Waals surface area contributed by atoms with Gasteiger partial charge in [-0.05, 0) is 19.1 Å². The van der Waals surface area contributed by atoms with Gasteiger partial charge in [0.2, 0.25) is 11.7 Å². The molecule has 1 aromatic carbocycles. The number of ether oxygens (including phenoxy) is 1. The molecule has 0 aliphatic heterocycles. The number of para-hydroxylation sites is 1. The number of rotatable bonds is 5. The maximum atomic E-state index is 13.4. The molecule has 2 aromatic heterocycles. The number of hydrogen-bond donors (Lipinski definition) is 0. The lowest BCUT2D eigenvalue weighted by Gasteiger charge is -2.03. The van der Waals surface area contributed by atoms with Crippen molar-refractivity contribution in [1.29, 1.82) is 0 Å². The first kappa shape index (κ1) is 13.7. The van der Waals surface area contributed by atoms with Crippen LogP contribution in [-0.4, -0.2) is 15.1 Å². The Bertz CT molecular complexity index is 741. The van der Waals surface area contributed by atoms with Crippen molar-refractivity contribution in [2.24, 2.45) is 0 Å². The highest BCUT2D eigenvalue weighted by Gasteiger charge is 2.10. The summed E-state index contributed by atoms with van der Waals surface area (Å²) in [6.45, 7) is 2.00. The molecule has 0 radical (unpaired) electrons. The number of halogens is 1. The molecular formula is C14H12FN3O2S. The van der Waals surface area contributed by atoms with Crippen LogP contribution in [0.1, 0.15) is 22.4 Å². The van der Waals surface area contributed by atoms with Crippen molar-refractivity contribution in [3.05, 3.63) is 57.9 Å². The van der Waals surface area contributed by atoms with Gasteiger partial charge >= 0.3 is 0 Å². The largest absolute Gasteiger partial charge is 0.482 e. The van der Waals surface area contributed by atoms with E-state index in [1.54, 1.807) is 29.5 Å². The molecule has 0 fully saturated rings. The van der Waals surface area contributed by atoms with Crippen LogP contribution in [-0.2, 0) is 13.0 Å². The number of nitrogens with zero attached hydrogens (tertiary/aromatic N) is 3. The third-order valence-electron chi connectivity index (χ3n) is 2.70. The zero-order valence-electron chi connectivity index (χ0n) is 11.2. The number of benzene rings is 1. The van der Waals surface area contributed by atoms with Gasteiger partial charge < -0.3 is 9.26 Å². The molecule has 0 bridgehead atoms. The first-order valence-corrected chi connectivity index (χ1v) is 7.18. The standard InChI is InChI=1S/C14H12FN3O2S/c1-9-16-10(8-21-9)6-14-17-13(18-20-14)7-19-12-5-3-2-4-11(12)15/h2-5,8H,6-7H2,1H3. The summed E-state index contributed by atoms with van der Waals surface area (Å²) in [6.07, 6.45) is 0.483. The van der Waals surface area contributed by atoms with E-state index < -0.39 is 5.82 Å². The molecule has 0 N–H and O–H groups in total. The van der Waals surface area contributed by atoms with Gasteiger partial charge in [-0.25, -0.2) is 9.37 Å². The van der Waals surface area contributed by atoms with E-state index >= 15 is 0 Å². The average molecular weight is 305 g/mol. The quantitative estimate of drug-likeness (QED) is 0.724. The van der Waals surface area contributed by atoms with Crippen LogP contribution in [0.3, 0.4) is 0 Å². The minimum Gasteiger partial charge on any atom is -0.482 e. The van der Waals surface area contributed by atoms with Gasteiger partial charge in [-0.3, -0.25) is 0 Å². The summed E-state index contributed by atoms with van der Waals surface area (Å²) >= 11 is 1.57. The van der Waals surface area contributed by atoms with Crippen molar-refractivity contribution in [2.75, 3.05) is 0 Å². The summed E-state index contributed by atoms with van der Waals surface area (Å²) in [4.78, 5) is 8.53. The molecule has 0 unspecified atom stereocenters. The molecule has 0 aliphatic rings. The molecule has 0 saturated heterocycles. The van der Waals surface area contributed by atoms with Crippen LogP contribution in [0, 0.1) is 12.7 Å². The Morgan fingerprint density at radius 2 is 2.14 bits per heavy atom. The fourth-order valence-corrected chi connectivity index (χ4v) is 2.38. The summed E-state index contributed by atoms with van der Waals surface area (Å²) in [5.41, 5.74) is 0.891. The zero-order valence-corrected chi connectivity index (χ0v) is 12.1. The van der Waals surface area contributed by atoms with Crippen LogP contribution in [0.4, 0.5) is 4.39 Å². The topological polar surface area (TPSA) is 61.0 Å². The maximum absolute atomic E-state index is 13.4. The number of aromatic nitrogens is 3. The second kappa shape index (κ2) is 6.01. The highest BCUT2D eigenvalue weighted by Crippen LogP contribution is 2.17. The maximum Gasteiger partial charge on any atom is 0.232 e. The van der Waals surface area contributed by atoms with E-state index in [1.165, 1.54) is 6.07 Å². The van der Waals surface area contributed by atoms with E-state index in [0.29, 0.717) is 18.1 Å². The van der Waals surface area contributed by atoms with Gasteiger partial charge in [0, 0.05) is 5.38 Å². The normalized spacial score (nSPS) is 10.8. The van der Waals surface area contributed by atoms with Crippen molar-refractivity contribution in [2.45, 2.75) is 20.0 Å². The van der Waals surface area contributed by atoms with Crippen LogP contribution in [0.15, 0.2) is 34.2 Å². The van der Waals surface area contributed by atoms with Gasteiger partial charge in [-0.1, -0.05) is 17.3 Å². The smallest absolute Gasteiger partial charge is 0.232 e. The highest BCUT2D eigenvalue weighted by atomic mass is 32.1. The van der Waals surface area contributed by atoms with Crippen LogP contribution in [0.25, 0.3) is 0 Å². The van der Waals surface area contributed by atoms with Crippen LogP contribution >= 0.6 is 11.3 Å². The van der Waals surface area contributed by atoms with E-state index in [4.69, 9.17) is 9.26 Å². The third kappa shape index (κ3) is 3.43. The molecule has 2 heterocycles. The third-order valence-corrected chi connectivity index (χ3v) is 3.52. The molecule has 3 aromatic rings. The predicted octanol–water partition coefficient (Wildman–Crippen LogP) is 3.14. The van der Waals surface area contributed by atoms with E-state index in [0.717, 1.165) is 10.7 Å². The summed E-state index contributed by atoms with van der Waals surface area (Å²) in [6, 6.07) is 6.19. The summed E-state index contributed by atoms with van der Waals surface area (Å²) < 4.78 is 23.8. The molecule has 108 valence electrons. The average Bonchev–Trinajstić information content (AvgIpc) is 3.08. The minimum absolute atomic E-state index is 0.0561. The van der Waals surface area contributed by atoms with Crippen molar-refractivity contribution in [3.8, 4) is 5.75 Å². The SMILES string of the molecule is Cc1nc(Cc2nc(COc3ccccc3F)no2)cs1. The van der Waals surface area contributed by atoms with Crippen LogP contribution < -0.4 is 4.74 Å². The Balaban J connectivity index is 1.61. The molecule has 21 heavy (non-hydrogen) atoms. The minimum atomic E-state index is -0.417. The van der Waals surface area contributed by atoms with Crippen molar-refractivity contribution in [3.63, 3.8) is 0 Å². The van der Waals surface area contributed by atoms with Gasteiger partial charge in [-0.15, -0.1) is 11.3 Å². The van der Waals surface area contributed by atoms with E-state index in [9.17, 15) is 4.39 Å². The van der Waals surface area contributed by atoms with Gasteiger partial charge in [0.05, 0.1) is 17.1 Å². The molecule has 0 atom stereocenters. The lowest BCUT2D eigenvalue weighted by atomic mass is 10.3.